The summed E-state index contributed by atoms with van der Waals surface area (Å²) in [6, 6.07) is 68.0. The molecule has 10 nitrogen and oxygen atoms in total. The van der Waals surface area contributed by atoms with Gasteiger partial charge in [0.05, 0.1) is 52.0 Å². The van der Waals surface area contributed by atoms with E-state index in [0.717, 1.165) is 149 Å². The molecule has 7 aromatic heterocycles. The molecule has 0 saturated carbocycles. The average Bonchev–Trinajstić information content (AvgIpc) is 4.43. The SMILES string of the molecule is C1=C(N(c2ccc3ccccc3c2)c2cnc3oc4ccccc4c3c2)c2c(oc3cc(-c4cccc5c4ccc4cc(N(c6cnc7oc8ccccc8c7c6)c6cncc7c6oc6ccccc67)ccc45)ccc23)NC1. The fourth-order valence-electron chi connectivity index (χ4n) is 12.1. The van der Waals surface area contributed by atoms with Gasteiger partial charge in [-0.25, -0.2) is 9.97 Å². The molecule has 0 radical (unpaired) electrons. The number of furan rings is 4. The van der Waals surface area contributed by atoms with Gasteiger partial charge in [0.15, 0.2) is 5.58 Å². The second-order valence-corrected chi connectivity index (χ2v) is 20.0. The van der Waals surface area contributed by atoms with E-state index < -0.39 is 0 Å². The van der Waals surface area contributed by atoms with E-state index in [0.29, 0.717) is 18.0 Å². The van der Waals surface area contributed by atoms with Crippen molar-refractivity contribution < 1.29 is 17.7 Å². The third-order valence-corrected chi connectivity index (χ3v) is 15.6. The minimum atomic E-state index is 0.583. The molecule has 8 heterocycles. The van der Waals surface area contributed by atoms with Crippen LogP contribution in [0.3, 0.4) is 0 Å². The number of pyridine rings is 3. The first-order chi connectivity index (χ1) is 38.6. The molecule has 9 aromatic carbocycles. The van der Waals surface area contributed by atoms with Gasteiger partial charge in [-0.3, -0.25) is 4.98 Å². The van der Waals surface area contributed by atoms with Crippen LogP contribution in [-0.4, -0.2) is 21.5 Å². The normalized spacial score (nSPS) is 12.7. The Bertz CT molecular complexity index is 5220. The first kappa shape index (κ1) is 42.6. The number of hydrogen-bond donors (Lipinski definition) is 1. The Morgan fingerprint density at radius 2 is 1.00 bits per heavy atom. The molecule has 16 aromatic rings. The molecule has 0 amide bonds. The number of anilines is 6. The van der Waals surface area contributed by atoms with Crippen LogP contribution in [0.1, 0.15) is 5.56 Å². The Morgan fingerprint density at radius 1 is 0.385 bits per heavy atom. The van der Waals surface area contributed by atoms with E-state index in [1.807, 2.05) is 79.4 Å². The second kappa shape index (κ2) is 16.4. The van der Waals surface area contributed by atoms with Crippen LogP contribution in [0.15, 0.2) is 243 Å². The molecular weight excluding hydrogens is 965 g/mol. The lowest BCUT2D eigenvalue weighted by Gasteiger charge is -2.30. The fraction of sp³-hybridized carbons (Fsp3) is 0.0147. The van der Waals surface area contributed by atoms with Gasteiger partial charge in [0.25, 0.3) is 0 Å². The predicted molar refractivity (Wildman–Crippen MR) is 316 cm³/mol. The molecule has 0 unspecified atom stereocenters. The second-order valence-electron chi connectivity index (χ2n) is 20.0. The van der Waals surface area contributed by atoms with Crippen molar-refractivity contribution in [1.29, 1.82) is 0 Å². The lowest BCUT2D eigenvalue weighted by molar-refractivity contribution is 0.627. The number of nitrogens with zero attached hydrogens (tertiary/aromatic N) is 5. The highest BCUT2D eigenvalue weighted by atomic mass is 16.4. The van der Waals surface area contributed by atoms with Crippen LogP contribution < -0.4 is 15.1 Å². The van der Waals surface area contributed by atoms with Gasteiger partial charge in [0.2, 0.25) is 17.3 Å². The van der Waals surface area contributed by atoms with Crippen LogP contribution >= 0.6 is 0 Å². The minimum Gasteiger partial charge on any atom is -0.454 e. The molecule has 366 valence electrons. The summed E-state index contributed by atoms with van der Waals surface area (Å²) in [4.78, 5) is 19.1. The lowest BCUT2D eigenvalue weighted by Crippen LogP contribution is -2.20. The monoisotopic (exact) mass is 1000 g/mol. The minimum absolute atomic E-state index is 0.583. The van der Waals surface area contributed by atoms with E-state index >= 15 is 0 Å². The van der Waals surface area contributed by atoms with Gasteiger partial charge >= 0.3 is 0 Å². The molecule has 1 aliphatic rings. The van der Waals surface area contributed by atoms with Crippen molar-refractivity contribution in [2.24, 2.45) is 0 Å². The number of rotatable bonds is 7. The number of para-hydroxylation sites is 3. The summed E-state index contributed by atoms with van der Waals surface area (Å²) >= 11 is 0. The summed E-state index contributed by atoms with van der Waals surface area (Å²) in [6.07, 6.45) is 9.77. The van der Waals surface area contributed by atoms with Crippen molar-refractivity contribution in [1.82, 2.24) is 15.0 Å². The van der Waals surface area contributed by atoms with E-state index in [4.69, 9.17) is 32.6 Å². The molecule has 0 bridgehead atoms. The Morgan fingerprint density at radius 3 is 1.78 bits per heavy atom. The van der Waals surface area contributed by atoms with Crippen molar-refractivity contribution in [2.45, 2.75) is 0 Å². The maximum absolute atomic E-state index is 6.83. The molecule has 1 N–H and O–H groups in total. The van der Waals surface area contributed by atoms with Crippen molar-refractivity contribution >= 4 is 149 Å². The Hall–Kier alpha value is -10.7. The van der Waals surface area contributed by atoms with Gasteiger partial charge in [-0.05, 0) is 116 Å². The van der Waals surface area contributed by atoms with E-state index in [1.165, 1.54) is 5.39 Å². The molecular formula is C68H40N6O4. The third kappa shape index (κ3) is 6.40. The summed E-state index contributed by atoms with van der Waals surface area (Å²) in [7, 11) is 0. The van der Waals surface area contributed by atoms with Crippen LogP contribution in [0, 0.1) is 0 Å². The van der Waals surface area contributed by atoms with Crippen molar-refractivity contribution in [3.63, 3.8) is 0 Å². The standard InChI is InChI=1S/C68H40N6O4/c1-2-11-40-30-43(23-20-39(40)10-1)73(45-33-55-51-12-3-7-18-61(51)76-66(55)71-35-45)58-28-29-70-68-64(58)54-26-22-42(32-63(54)78-68)47-15-9-16-49-48-27-24-44(31-41(48)21-25-50(47)49)74(46-34-56-52-13-4-8-19-62(52)77-67(56)72-36-46)59-38-69-37-57-53-14-5-6-17-60(53)75-65(57)59/h1-28,30-38,70H,29H2. The molecule has 1 aliphatic heterocycles. The van der Waals surface area contributed by atoms with E-state index in [2.05, 4.69) is 161 Å². The van der Waals surface area contributed by atoms with Crippen molar-refractivity contribution in [3.05, 3.63) is 231 Å². The molecule has 17 rings (SSSR count). The summed E-state index contributed by atoms with van der Waals surface area (Å²) in [5.74, 6) is 0.725. The topological polar surface area (TPSA) is 110 Å². The van der Waals surface area contributed by atoms with Crippen molar-refractivity contribution in [2.75, 3.05) is 21.7 Å². The largest absolute Gasteiger partial charge is 0.454 e. The summed E-state index contributed by atoms with van der Waals surface area (Å²) in [5.41, 5.74) is 13.8. The first-order valence-corrected chi connectivity index (χ1v) is 26.0. The number of nitrogens with one attached hydrogen (secondary N) is 1. The number of aromatic nitrogens is 3. The molecule has 0 aliphatic carbocycles. The van der Waals surface area contributed by atoms with Gasteiger partial charge in [-0.1, -0.05) is 127 Å². The van der Waals surface area contributed by atoms with Crippen molar-refractivity contribution in [3.8, 4) is 11.1 Å². The quantitative estimate of drug-likeness (QED) is 0.155. The highest BCUT2D eigenvalue weighted by Gasteiger charge is 2.29. The highest BCUT2D eigenvalue weighted by molar-refractivity contribution is 6.16. The number of hydrogen-bond acceptors (Lipinski definition) is 10. The molecule has 0 atom stereocenters. The average molecular weight is 1010 g/mol. The van der Waals surface area contributed by atoms with Crippen LogP contribution in [0.2, 0.25) is 0 Å². The first-order valence-electron chi connectivity index (χ1n) is 26.0. The zero-order valence-corrected chi connectivity index (χ0v) is 41.4. The molecule has 10 heteroatoms. The van der Waals surface area contributed by atoms with Crippen LogP contribution in [0.5, 0.6) is 0 Å². The van der Waals surface area contributed by atoms with E-state index in [9.17, 15) is 0 Å². The van der Waals surface area contributed by atoms with Crippen LogP contribution in [0.25, 0.3) is 126 Å². The highest BCUT2D eigenvalue weighted by Crippen LogP contribution is 2.48. The zero-order valence-electron chi connectivity index (χ0n) is 41.4. The van der Waals surface area contributed by atoms with Gasteiger partial charge in [0.1, 0.15) is 28.0 Å². The summed E-state index contributed by atoms with van der Waals surface area (Å²) in [5, 5.41) is 17.3. The molecule has 0 saturated heterocycles. The summed E-state index contributed by atoms with van der Waals surface area (Å²) in [6.45, 7) is 0.583. The number of benzene rings is 9. The van der Waals surface area contributed by atoms with E-state index in [1.54, 1.807) is 0 Å². The Kier molecular flexibility index (Phi) is 8.96. The summed E-state index contributed by atoms with van der Waals surface area (Å²) < 4.78 is 25.9. The van der Waals surface area contributed by atoms with Gasteiger partial charge in [-0.15, -0.1) is 0 Å². The maximum atomic E-state index is 6.83. The van der Waals surface area contributed by atoms with Crippen LogP contribution in [-0.2, 0) is 0 Å². The Labute approximate surface area is 443 Å². The Balaban J connectivity index is 0.778. The zero-order chi connectivity index (χ0) is 51.0. The van der Waals surface area contributed by atoms with E-state index in [-0.39, 0.29) is 0 Å². The molecule has 0 fully saturated rings. The number of fused-ring (bicyclic) bond motifs is 16. The molecule has 78 heavy (non-hydrogen) atoms. The van der Waals surface area contributed by atoms with Crippen LogP contribution in [0.4, 0.5) is 34.3 Å². The third-order valence-electron chi connectivity index (χ3n) is 15.6. The molecule has 0 spiro atoms. The van der Waals surface area contributed by atoms with Gasteiger partial charge in [0, 0.05) is 51.0 Å². The fourth-order valence-corrected chi connectivity index (χ4v) is 12.1. The van der Waals surface area contributed by atoms with Gasteiger partial charge in [-0.2, -0.15) is 0 Å². The maximum Gasteiger partial charge on any atom is 0.227 e. The lowest BCUT2D eigenvalue weighted by atomic mass is 9.93. The smallest absolute Gasteiger partial charge is 0.227 e. The predicted octanol–water partition coefficient (Wildman–Crippen LogP) is 18.5. The van der Waals surface area contributed by atoms with Gasteiger partial charge < -0.3 is 32.8 Å².